The van der Waals surface area contributed by atoms with E-state index in [0.29, 0.717) is 0 Å². The Morgan fingerprint density at radius 3 is 1.27 bits per heavy atom. The Labute approximate surface area is 477 Å². The van der Waals surface area contributed by atoms with Crippen LogP contribution in [0, 0.1) is 18.3 Å². The van der Waals surface area contributed by atoms with Crippen LogP contribution in [0.4, 0.5) is 0 Å². The molecule has 30 heteroatoms. The van der Waals surface area contributed by atoms with E-state index >= 15 is 0 Å². The maximum Gasteiger partial charge on any atom is 0.303 e. The predicted octanol–water partition coefficient (Wildman–Crippen LogP) is -0.0941. The molecule has 0 aromatic heterocycles. The molecule has 0 aromatic rings. The third-order valence-electron chi connectivity index (χ3n) is 12.7. The van der Waals surface area contributed by atoms with Crippen molar-refractivity contribution in [1.29, 1.82) is 0 Å². The van der Waals surface area contributed by atoms with Crippen molar-refractivity contribution in [1.82, 2.24) is 4.90 Å². The van der Waals surface area contributed by atoms with E-state index in [0.717, 1.165) is 83.1 Å². The molecule has 83 heavy (non-hydrogen) atoms. The summed E-state index contributed by atoms with van der Waals surface area (Å²) in [5, 5.41) is 0. The van der Waals surface area contributed by atoms with E-state index in [-0.39, 0.29) is 5.57 Å². The van der Waals surface area contributed by atoms with Gasteiger partial charge in [0.1, 0.15) is 50.8 Å². The molecule has 462 valence electrons. The van der Waals surface area contributed by atoms with Gasteiger partial charge < -0.3 is 85.4 Å². The van der Waals surface area contributed by atoms with E-state index in [4.69, 9.17) is 87.0 Å². The highest BCUT2D eigenvalue weighted by Crippen LogP contribution is 2.41. The molecule has 4 rings (SSSR count). The van der Waals surface area contributed by atoms with Gasteiger partial charge in [0.2, 0.25) is 5.91 Å². The number of hydrogen-bond acceptors (Lipinski definition) is 29. The van der Waals surface area contributed by atoms with Gasteiger partial charge in [-0.1, -0.05) is 18.9 Å². The Kier molecular flexibility index (Phi) is 25.3. The van der Waals surface area contributed by atoms with Crippen LogP contribution in [0.25, 0.3) is 0 Å². The number of hydrogen-bond donors (Lipinski definition) is 0. The fraction of sp³-hybridized carbons (Fsp3) is 0.698. The molecule has 0 spiro atoms. The van der Waals surface area contributed by atoms with E-state index in [9.17, 15) is 57.5 Å². The largest absolute Gasteiger partial charge is 0.463 e. The van der Waals surface area contributed by atoms with E-state index in [1.165, 1.54) is 24.8 Å². The van der Waals surface area contributed by atoms with Crippen LogP contribution in [0.3, 0.4) is 0 Å². The summed E-state index contributed by atoms with van der Waals surface area (Å²) < 4.78 is 99.4. The fourth-order valence-corrected chi connectivity index (χ4v) is 10.0. The standard InChI is InChI=1S/C53H71NO29/c1-16-17-67-51-49(78-34(14)65)47(76-32(12)63)44(38(80-51)20-69-26(6)57)83-53-50(79-35(15)66)48(77-33(13)64)45(39(81-53)21-70-27(7)58)82-52-41(72-28(8)59)22(2)40(23(3)71-52)54(24(4)55)37-18-36(19-68-25(5)56)42(73-29(9)60)46(75-31(11)62)43(37)74-30(10)61/h1,18,22-23,37-53H,17,19-21H2,2-15H3/t22?,23?,37-,38?,39?,40-,41-,42+,43-,44+,45+,46-,47?,48?,49-,50-,51+,52+,53+/m0/s1. The minimum Gasteiger partial charge on any atom is -0.463 e. The van der Waals surface area contributed by atoms with Gasteiger partial charge in [-0.05, 0) is 6.92 Å². The minimum atomic E-state index is -2.02. The Morgan fingerprint density at radius 1 is 0.458 bits per heavy atom. The lowest BCUT2D eigenvalue weighted by Gasteiger charge is -2.53. The average Bonchev–Trinajstić information content (AvgIpc) is 3.52. The second kappa shape index (κ2) is 30.8. The molecule has 6 unspecified atom stereocenters. The number of terminal acetylenes is 1. The molecule has 0 radical (unpaired) electrons. The van der Waals surface area contributed by atoms with Crippen molar-refractivity contribution in [2.24, 2.45) is 5.92 Å². The highest BCUT2D eigenvalue weighted by Gasteiger charge is 2.60. The molecule has 0 aromatic carbocycles. The number of rotatable bonds is 22. The molecular weight excluding hydrogens is 1110 g/mol. The highest BCUT2D eigenvalue weighted by molar-refractivity contribution is 5.76. The molecule has 1 aliphatic carbocycles. The number of amides is 1. The lowest BCUT2D eigenvalue weighted by atomic mass is 9.82. The molecule has 3 aliphatic heterocycles. The summed E-state index contributed by atoms with van der Waals surface area (Å²) in [5.74, 6) is -9.81. The van der Waals surface area contributed by atoms with Crippen LogP contribution in [-0.4, -0.2) is 213 Å². The zero-order chi connectivity index (χ0) is 62.3. The van der Waals surface area contributed by atoms with Gasteiger partial charge in [-0.25, -0.2) is 0 Å². The molecule has 1 amide bonds. The first-order valence-electron chi connectivity index (χ1n) is 25.9. The second-order valence-electron chi connectivity index (χ2n) is 19.5. The van der Waals surface area contributed by atoms with Gasteiger partial charge >= 0.3 is 65.7 Å². The van der Waals surface area contributed by atoms with Gasteiger partial charge in [0.25, 0.3) is 0 Å². The minimum absolute atomic E-state index is 0.00588. The summed E-state index contributed by atoms with van der Waals surface area (Å²) in [6.45, 7) is 13.0. The third-order valence-corrected chi connectivity index (χ3v) is 12.7. The van der Waals surface area contributed by atoms with Crippen LogP contribution in [0.5, 0.6) is 0 Å². The Balaban J connectivity index is 1.93. The lowest BCUT2D eigenvalue weighted by Crippen LogP contribution is -2.69. The normalized spacial score (nSPS) is 32.0. The van der Waals surface area contributed by atoms with E-state index in [1.54, 1.807) is 0 Å². The molecule has 0 saturated carbocycles. The zero-order valence-corrected chi connectivity index (χ0v) is 48.2. The van der Waals surface area contributed by atoms with Crippen LogP contribution in [-0.2, 0) is 138 Å². The van der Waals surface area contributed by atoms with Crippen LogP contribution < -0.4 is 0 Å². The first kappa shape index (κ1) is 68.2. The maximum absolute atomic E-state index is 14.3. The Hall–Kier alpha value is -7.30. The topological polar surface area (TPSA) is 365 Å². The van der Waals surface area contributed by atoms with Crippen molar-refractivity contribution in [2.45, 2.75) is 207 Å². The van der Waals surface area contributed by atoms with E-state index < -0.39 is 214 Å². The number of esters is 11. The summed E-state index contributed by atoms with van der Waals surface area (Å²) in [5.41, 5.74) is -0.00588. The fourth-order valence-electron chi connectivity index (χ4n) is 10.0. The Morgan fingerprint density at radius 2 is 0.843 bits per heavy atom. The highest BCUT2D eigenvalue weighted by atomic mass is 16.8. The van der Waals surface area contributed by atoms with Gasteiger partial charge in [-0.3, -0.25) is 57.5 Å². The molecule has 3 fully saturated rings. The first-order valence-corrected chi connectivity index (χ1v) is 25.9. The average molecular weight is 1190 g/mol. The monoisotopic (exact) mass is 1190 g/mol. The third kappa shape index (κ3) is 19.1. The van der Waals surface area contributed by atoms with Crippen molar-refractivity contribution in [3.8, 4) is 12.3 Å². The summed E-state index contributed by atoms with van der Waals surface area (Å²) in [6, 6.07) is -2.71. The Bertz CT molecular complexity index is 2490. The van der Waals surface area contributed by atoms with Crippen molar-refractivity contribution < 1.29 is 138 Å². The predicted molar refractivity (Wildman–Crippen MR) is 268 cm³/mol. The number of nitrogens with zero attached hydrogens (tertiary/aromatic N) is 1. The number of ether oxygens (including phenoxy) is 17. The molecule has 4 aliphatic rings. The summed E-state index contributed by atoms with van der Waals surface area (Å²) >= 11 is 0. The molecular formula is C53H71NO29. The first-order chi connectivity index (χ1) is 38.8. The lowest BCUT2D eigenvalue weighted by molar-refractivity contribution is -0.376. The van der Waals surface area contributed by atoms with Crippen molar-refractivity contribution in [2.75, 3.05) is 26.4 Å². The number of carbonyl (C=O) groups is 12. The second-order valence-corrected chi connectivity index (χ2v) is 19.5. The van der Waals surface area contributed by atoms with Gasteiger partial charge in [0.05, 0.1) is 18.2 Å². The quantitative estimate of drug-likeness (QED) is 0.0591. The number of carbonyl (C=O) groups excluding carboxylic acids is 12. The van der Waals surface area contributed by atoms with Crippen molar-refractivity contribution in [3.63, 3.8) is 0 Å². The van der Waals surface area contributed by atoms with E-state index in [2.05, 4.69) is 5.92 Å². The van der Waals surface area contributed by atoms with Gasteiger partial charge in [-0.15, -0.1) is 6.42 Å². The summed E-state index contributed by atoms with van der Waals surface area (Å²) in [6.07, 6.45) is -20.4. The molecule has 19 atom stereocenters. The van der Waals surface area contributed by atoms with Crippen LogP contribution in [0.1, 0.15) is 96.9 Å². The molecule has 3 heterocycles. The SMILES string of the molecule is C#CCO[C@@H]1OC(COC(C)=O)[C@@H](O[C@H]2OC(COC(C)=O)[C@@H](O[C@H]3OC(C)[C@@H](N(C(C)=O)[C@H]4C=C(COC(C)=O)[C@@H](OC(C)=O)[C@H](OC(C)=O)[C@H]4OC(C)=O)C(C)[C@@H]3OC(C)=O)C(OC(C)=O)[C@@H]2OC(C)=O)C(OC(C)=O)[C@@H]1OC(C)=O. The van der Waals surface area contributed by atoms with E-state index in [1.807, 2.05) is 0 Å². The molecule has 0 N–H and O–H groups in total. The molecule has 3 saturated heterocycles. The van der Waals surface area contributed by atoms with Crippen molar-refractivity contribution >= 4 is 71.6 Å². The van der Waals surface area contributed by atoms with Gasteiger partial charge in [0, 0.05) is 94.6 Å². The smallest absolute Gasteiger partial charge is 0.303 e. The van der Waals surface area contributed by atoms with Crippen molar-refractivity contribution in [3.05, 3.63) is 11.6 Å². The summed E-state index contributed by atoms with van der Waals surface area (Å²) in [7, 11) is 0. The van der Waals surface area contributed by atoms with Crippen LogP contribution in [0.15, 0.2) is 11.6 Å². The van der Waals surface area contributed by atoms with Gasteiger partial charge in [-0.2, -0.15) is 0 Å². The summed E-state index contributed by atoms with van der Waals surface area (Å²) in [4.78, 5) is 156. The van der Waals surface area contributed by atoms with Crippen LogP contribution >= 0.6 is 0 Å². The molecule has 0 bridgehead atoms. The van der Waals surface area contributed by atoms with Gasteiger partial charge in [0.15, 0.2) is 67.7 Å². The molecule has 30 nitrogen and oxygen atoms in total. The maximum atomic E-state index is 14.3. The zero-order valence-electron chi connectivity index (χ0n) is 48.2. The van der Waals surface area contributed by atoms with Crippen LogP contribution in [0.2, 0.25) is 0 Å².